The Morgan fingerprint density at radius 2 is 1.67 bits per heavy atom. The van der Waals surface area contributed by atoms with E-state index in [9.17, 15) is 13.2 Å². The molecule has 0 heterocycles. The maximum atomic E-state index is 12.3. The Labute approximate surface area is 114 Å². The highest BCUT2D eigenvalue weighted by Crippen LogP contribution is 2.33. The quantitative estimate of drug-likeness (QED) is 0.615. The van der Waals surface area contributed by atoms with Crippen molar-refractivity contribution in [2.75, 3.05) is 0 Å². The van der Waals surface area contributed by atoms with Crippen LogP contribution in [0.25, 0.3) is 10.8 Å². The maximum absolute atomic E-state index is 12.3. The Kier molecular flexibility index (Phi) is 3.64. The smallest absolute Gasteiger partial charge is 0.232 e. The normalized spacial score (nSPS) is 13.1. The van der Waals surface area contributed by atoms with Crippen LogP contribution in [0.15, 0.2) is 45.9 Å². The van der Waals surface area contributed by atoms with Crippen molar-refractivity contribution in [2.24, 2.45) is 4.99 Å². The Hall–Kier alpha value is -1.07. The molecule has 0 saturated heterocycles. The van der Waals surface area contributed by atoms with Crippen LogP contribution >= 0.6 is 27.5 Å². The summed E-state index contributed by atoms with van der Waals surface area (Å²) in [5.74, 6) is 0. The lowest BCUT2D eigenvalue weighted by Gasteiger charge is -2.06. The summed E-state index contributed by atoms with van der Waals surface area (Å²) in [5, 5.41) is 0.00893. The number of aliphatic imine (C=N–C) groups is 1. The average molecular weight is 337 g/mol. The van der Waals surface area contributed by atoms with E-state index in [4.69, 9.17) is 11.6 Å². The number of fused-ring (bicyclic) bond motifs is 1. The van der Waals surface area contributed by atoms with E-state index in [0.29, 0.717) is 5.39 Å². The standard InChI is InChI=1S/C12H6BrClF3N/c13-9-5-6-10(18-11(14)12(15,16)17)8-4-2-1-3-7(8)9/h1-6H. The van der Waals surface area contributed by atoms with Gasteiger partial charge in [0.15, 0.2) is 0 Å². The van der Waals surface area contributed by atoms with E-state index < -0.39 is 11.3 Å². The van der Waals surface area contributed by atoms with E-state index >= 15 is 0 Å². The number of hydrogen-bond donors (Lipinski definition) is 0. The molecule has 94 valence electrons. The summed E-state index contributed by atoms with van der Waals surface area (Å²) in [6.45, 7) is 0. The molecule has 0 unspecified atom stereocenters. The second-order valence-electron chi connectivity index (χ2n) is 3.51. The van der Waals surface area contributed by atoms with Crippen molar-refractivity contribution < 1.29 is 13.2 Å². The fourth-order valence-electron chi connectivity index (χ4n) is 1.51. The predicted octanol–water partition coefficient (Wildman–Crippen LogP) is 5.43. The molecular weight excluding hydrogens is 330 g/mol. The molecule has 0 radical (unpaired) electrons. The van der Waals surface area contributed by atoms with Crippen molar-refractivity contribution in [3.05, 3.63) is 40.9 Å². The Morgan fingerprint density at radius 3 is 2.28 bits per heavy atom. The van der Waals surface area contributed by atoms with E-state index in [1.54, 1.807) is 30.3 Å². The fourth-order valence-corrected chi connectivity index (χ4v) is 2.08. The number of benzene rings is 2. The lowest BCUT2D eigenvalue weighted by molar-refractivity contribution is -0.0558. The summed E-state index contributed by atoms with van der Waals surface area (Å²) in [5.41, 5.74) is 0.191. The minimum Gasteiger partial charge on any atom is -0.232 e. The van der Waals surface area contributed by atoms with Crippen LogP contribution in [0.4, 0.5) is 18.9 Å². The zero-order valence-electron chi connectivity index (χ0n) is 8.80. The first-order chi connectivity index (χ1) is 8.39. The summed E-state index contributed by atoms with van der Waals surface area (Å²) in [7, 11) is 0. The van der Waals surface area contributed by atoms with E-state index in [1.807, 2.05) is 0 Å². The molecule has 0 aliphatic carbocycles. The molecule has 0 N–H and O–H groups in total. The third kappa shape index (κ3) is 2.67. The molecule has 0 atom stereocenters. The predicted molar refractivity (Wildman–Crippen MR) is 70.7 cm³/mol. The van der Waals surface area contributed by atoms with Gasteiger partial charge in [0.05, 0.1) is 5.69 Å². The lowest BCUT2D eigenvalue weighted by atomic mass is 10.1. The first-order valence-corrected chi connectivity index (χ1v) is 6.05. The van der Waals surface area contributed by atoms with E-state index in [1.165, 1.54) is 6.07 Å². The van der Waals surface area contributed by atoms with E-state index in [-0.39, 0.29) is 5.69 Å². The third-order valence-corrected chi connectivity index (χ3v) is 3.29. The maximum Gasteiger partial charge on any atom is 0.444 e. The van der Waals surface area contributed by atoms with Crippen LogP contribution in [-0.2, 0) is 0 Å². The zero-order chi connectivity index (χ0) is 13.3. The topological polar surface area (TPSA) is 12.4 Å². The summed E-state index contributed by atoms with van der Waals surface area (Å²) in [4.78, 5) is 3.44. The van der Waals surface area contributed by atoms with Crippen molar-refractivity contribution >= 4 is 49.2 Å². The van der Waals surface area contributed by atoms with Gasteiger partial charge in [-0.3, -0.25) is 0 Å². The van der Waals surface area contributed by atoms with Gasteiger partial charge in [-0.05, 0) is 17.5 Å². The molecule has 2 aromatic carbocycles. The molecule has 0 bridgehead atoms. The van der Waals surface area contributed by atoms with Crippen LogP contribution in [-0.4, -0.2) is 11.3 Å². The van der Waals surface area contributed by atoms with Crippen LogP contribution < -0.4 is 0 Å². The Morgan fingerprint density at radius 1 is 1.06 bits per heavy atom. The molecule has 6 heteroatoms. The second-order valence-corrected chi connectivity index (χ2v) is 4.72. The summed E-state index contributed by atoms with van der Waals surface area (Å²) >= 11 is 8.48. The SMILES string of the molecule is FC(F)(F)C(Cl)=Nc1ccc(Br)c2ccccc12. The molecule has 0 aliphatic rings. The van der Waals surface area contributed by atoms with Crippen molar-refractivity contribution in [1.29, 1.82) is 0 Å². The molecule has 0 spiro atoms. The summed E-state index contributed by atoms with van der Waals surface area (Å²) in [6.07, 6.45) is -4.63. The summed E-state index contributed by atoms with van der Waals surface area (Å²) in [6, 6.07) is 10.1. The Bertz CT molecular complexity index is 622. The number of rotatable bonds is 1. The average Bonchev–Trinajstić information content (AvgIpc) is 2.32. The second kappa shape index (κ2) is 4.90. The fraction of sp³-hybridized carbons (Fsp3) is 0.0833. The number of alkyl halides is 3. The highest BCUT2D eigenvalue weighted by Gasteiger charge is 2.34. The summed E-state index contributed by atoms with van der Waals surface area (Å²) < 4.78 is 37.8. The zero-order valence-corrected chi connectivity index (χ0v) is 11.1. The van der Waals surface area contributed by atoms with Gasteiger partial charge in [0.25, 0.3) is 0 Å². The van der Waals surface area contributed by atoms with Gasteiger partial charge < -0.3 is 0 Å². The first kappa shape index (κ1) is 13.4. The minimum absolute atomic E-state index is 0.191. The molecule has 0 aromatic heterocycles. The van der Waals surface area contributed by atoms with Crippen molar-refractivity contribution in [1.82, 2.24) is 0 Å². The molecule has 0 fully saturated rings. The molecule has 18 heavy (non-hydrogen) atoms. The molecule has 0 saturated carbocycles. The van der Waals surface area contributed by atoms with Crippen LogP contribution in [0.3, 0.4) is 0 Å². The van der Waals surface area contributed by atoms with Gasteiger partial charge in [-0.2, -0.15) is 13.2 Å². The van der Waals surface area contributed by atoms with Crippen molar-refractivity contribution in [3.8, 4) is 0 Å². The molecular formula is C12H6BrClF3N. The van der Waals surface area contributed by atoms with Gasteiger partial charge in [-0.15, -0.1) is 0 Å². The Balaban J connectivity index is 2.63. The number of nitrogens with zero attached hydrogens (tertiary/aromatic N) is 1. The third-order valence-electron chi connectivity index (χ3n) is 2.30. The van der Waals surface area contributed by atoms with Crippen LogP contribution in [0.2, 0.25) is 0 Å². The first-order valence-electron chi connectivity index (χ1n) is 4.88. The van der Waals surface area contributed by atoms with Gasteiger partial charge in [-0.25, -0.2) is 4.99 Å². The van der Waals surface area contributed by atoms with Gasteiger partial charge in [0, 0.05) is 9.86 Å². The van der Waals surface area contributed by atoms with Crippen molar-refractivity contribution in [2.45, 2.75) is 6.18 Å². The van der Waals surface area contributed by atoms with E-state index in [2.05, 4.69) is 20.9 Å². The van der Waals surface area contributed by atoms with Crippen molar-refractivity contribution in [3.63, 3.8) is 0 Å². The molecule has 0 amide bonds. The molecule has 0 aliphatic heterocycles. The van der Waals surface area contributed by atoms with Gasteiger partial charge in [0.2, 0.25) is 5.17 Å². The monoisotopic (exact) mass is 335 g/mol. The molecule has 2 aromatic rings. The number of halogens is 5. The lowest BCUT2D eigenvalue weighted by Crippen LogP contribution is -2.16. The minimum atomic E-state index is -4.63. The molecule has 1 nitrogen and oxygen atoms in total. The van der Waals surface area contributed by atoms with Gasteiger partial charge >= 0.3 is 6.18 Å². The highest BCUT2D eigenvalue weighted by molar-refractivity contribution is 9.10. The van der Waals surface area contributed by atoms with Gasteiger partial charge in [-0.1, -0.05) is 51.8 Å². The van der Waals surface area contributed by atoms with E-state index in [0.717, 1.165) is 9.86 Å². The van der Waals surface area contributed by atoms with Gasteiger partial charge in [0.1, 0.15) is 0 Å². The molecule has 2 rings (SSSR count). The van der Waals surface area contributed by atoms with Crippen LogP contribution in [0, 0.1) is 0 Å². The van der Waals surface area contributed by atoms with Crippen LogP contribution in [0.1, 0.15) is 0 Å². The van der Waals surface area contributed by atoms with Crippen LogP contribution in [0.5, 0.6) is 0 Å². The largest absolute Gasteiger partial charge is 0.444 e. The number of hydrogen-bond acceptors (Lipinski definition) is 1. The highest BCUT2D eigenvalue weighted by atomic mass is 79.9.